The minimum Gasteiger partial charge on any atom is -0.392 e. The van der Waals surface area contributed by atoms with Gasteiger partial charge < -0.3 is 10.4 Å². The Hall–Kier alpha value is -2.13. The normalized spacial score (nSPS) is 19.6. The molecule has 2 N–H and O–H groups in total. The molecule has 1 aliphatic rings. The molecule has 0 fully saturated rings. The third kappa shape index (κ3) is 3.85. The van der Waals surface area contributed by atoms with Gasteiger partial charge in [0.05, 0.1) is 6.61 Å². The number of nitrogens with one attached hydrogen (secondary N) is 1. The van der Waals surface area contributed by atoms with Gasteiger partial charge in [0.25, 0.3) is 0 Å². The zero-order valence-corrected chi connectivity index (χ0v) is 14.2. The standard InChI is InChI=1S/C21H25NO2/c1-15(24)22-10-9-19-13-20(17-5-3-2-4-6-17)12-18-8-7-16(14-23)11-21(18)19/h2-8,11,19-20,23H,9-10,12-14H2,1H3,(H,22,24)/t19-,20-/m0/s1. The fraction of sp³-hybridized carbons (Fsp3) is 0.381. The molecule has 0 bridgehead atoms. The zero-order chi connectivity index (χ0) is 16.9. The molecule has 2 aromatic carbocycles. The SMILES string of the molecule is CC(=O)NCC[C@H]1C[C@@H](c2ccccc2)Cc2ccc(CO)cc21. The highest BCUT2D eigenvalue weighted by molar-refractivity contribution is 5.72. The van der Waals surface area contributed by atoms with Crippen molar-refractivity contribution in [2.24, 2.45) is 0 Å². The molecule has 3 heteroatoms. The van der Waals surface area contributed by atoms with Gasteiger partial charge in [-0.3, -0.25) is 4.79 Å². The molecular formula is C21H25NO2. The number of aliphatic hydroxyl groups is 1. The summed E-state index contributed by atoms with van der Waals surface area (Å²) in [4.78, 5) is 11.2. The molecule has 0 aromatic heterocycles. The maximum atomic E-state index is 11.2. The van der Waals surface area contributed by atoms with Gasteiger partial charge in [-0.1, -0.05) is 48.5 Å². The highest BCUT2D eigenvalue weighted by Crippen LogP contribution is 2.41. The largest absolute Gasteiger partial charge is 0.392 e. The summed E-state index contributed by atoms with van der Waals surface area (Å²) in [5.74, 6) is 0.952. The van der Waals surface area contributed by atoms with Crippen molar-refractivity contribution >= 4 is 5.91 Å². The number of carbonyl (C=O) groups excluding carboxylic acids is 1. The predicted octanol–water partition coefficient (Wildman–Crippen LogP) is 3.52. The first-order valence-corrected chi connectivity index (χ1v) is 8.69. The molecule has 126 valence electrons. The molecule has 3 rings (SSSR count). The molecule has 1 amide bonds. The number of amides is 1. The number of benzene rings is 2. The van der Waals surface area contributed by atoms with Crippen molar-refractivity contribution in [2.45, 2.75) is 44.6 Å². The average molecular weight is 323 g/mol. The quantitative estimate of drug-likeness (QED) is 0.884. The Morgan fingerprint density at radius 3 is 2.71 bits per heavy atom. The van der Waals surface area contributed by atoms with Gasteiger partial charge in [0, 0.05) is 13.5 Å². The number of carbonyl (C=O) groups is 1. The van der Waals surface area contributed by atoms with Gasteiger partial charge in [-0.15, -0.1) is 0 Å². The lowest BCUT2D eigenvalue weighted by molar-refractivity contribution is -0.118. The van der Waals surface area contributed by atoms with Crippen molar-refractivity contribution in [1.82, 2.24) is 5.32 Å². The van der Waals surface area contributed by atoms with Crippen LogP contribution in [0.4, 0.5) is 0 Å². The van der Waals surface area contributed by atoms with E-state index in [9.17, 15) is 9.90 Å². The monoisotopic (exact) mass is 323 g/mol. The summed E-state index contributed by atoms with van der Waals surface area (Å²) in [6, 6.07) is 17.0. The first-order valence-electron chi connectivity index (χ1n) is 8.69. The number of fused-ring (bicyclic) bond motifs is 1. The van der Waals surface area contributed by atoms with E-state index in [0.29, 0.717) is 18.4 Å². The number of hydrogen-bond donors (Lipinski definition) is 2. The van der Waals surface area contributed by atoms with E-state index >= 15 is 0 Å². The van der Waals surface area contributed by atoms with E-state index in [2.05, 4.69) is 47.8 Å². The number of rotatable bonds is 5. The first kappa shape index (κ1) is 16.7. The van der Waals surface area contributed by atoms with Crippen LogP contribution in [0.25, 0.3) is 0 Å². The summed E-state index contributed by atoms with van der Waals surface area (Å²) in [5, 5.41) is 12.4. The molecule has 2 atom stereocenters. The second-order valence-corrected chi connectivity index (χ2v) is 6.71. The van der Waals surface area contributed by atoms with Crippen LogP contribution in [0.15, 0.2) is 48.5 Å². The van der Waals surface area contributed by atoms with Crippen molar-refractivity contribution < 1.29 is 9.90 Å². The van der Waals surface area contributed by atoms with Crippen LogP contribution in [-0.4, -0.2) is 17.6 Å². The maximum absolute atomic E-state index is 11.2. The summed E-state index contributed by atoms with van der Waals surface area (Å²) in [6.07, 6.45) is 3.07. The van der Waals surface area contributed by atoms with Crippen LogP contribution in [0.5, 0.6) is 0 Å². The van der Waals surface area contributed by atoms with Gasteiger partial charge in [-0.05, 0) is 53.4 Å². The van der Waals surface area contributed by atoms with Crippen molar-refractivity contribution in [3.05, 3.63) is 70.8 Å². The van der Waals surface area contributed by atoms with Crippen molar-refractivity contribution in [2.75, 3.05) is 6.54 Å². The van der Waals surface area contributed by atoms with E-state index in [1.54, 1.807) is 6.92 Å². The highest BCUT2D eigenvalue weighted by Gasteiger charge is 2.27. The van der Waals surface area contributed by atoms with Crippen molar-refractivity contribution in [3.63, 3.8) is 0 Å². The molecular weight excluding hydrogens is 298 g/mol. The van der Waals surface area contributed by atoms with Crippen LogP contribution < -0.4 is 5.32 Å². The Balaban J connectivity index is 1.85. The molecule has 24 heavy (non-hydrogen) atoms. The summed E-state index contributed by atoms with van der Waals surface area (Å²) >= 11 is 0. The number of aliphatic hydroxyl groups excluding tert-OH is 1. The van der Waals surface area contributed by atoms with Gasteiger partial charge in [0.1, 0.15) is 0 Å². The van der Waals surface area contributed by atoms with Crippen LogP contribution in [0.1, 0.15) is 53.9 Å². The molecule has 0 saturated carbocycles. The minimum atomic E-state index is 0.0229. The first-order chi connectivity index (χ1) is 11.7. The molecule has 0 aliphatic heterocycles. The predicted molar refractivity (Wildman–Crippen MR) is 95.9 cm³/mol. The van der Waals surface area contributed by atoms with Crippen molar-refractivity contribution in [3.8, 4) is 0 Å². The third-order valence-corrected chi connectivity index (χ3v) is 5.01. The van der Waals surface area contributed by atoms with Crippen LogP contribution in [0, 0.1) is 0 Å². The second-order valence-electron chi connectivity index (χ2n) is 6.71. The lowest BCUT2D eigenvalue weighted by atomic mass is 9.73. The van der Waals surface area contributed by atoms with E-state index in [4.69, 9.17) is 0 Å². The highest BCUT2D eigenvalue weighted by atomic mass is 16.3. The van der Waals surface area contributed by atoms with Crippen LogP contribution in [0.2, 0.25) is 0 Å². The zero-order valence-electron chi connectivity index (χ0n) is 14.2. The molecule has 0 saturated heterocycles. The van der Waals surface area contributed by atoms with Gasteiger partial charge in [-0.25, -0.2) is 0 Å². The van der Waals surface area contributed by atoms with Gasteiger partial charge in [-0.2, -0.15) is 0 Å². The Bertz CT molecular complexity index is 696. The Labute approximate surface area is 143 Å². The van der Waals surface area contributed by atoms with Crippen LogP contribution in [0.3, 0.4) is 0 Å². The number of hydrogen-bond acceptors (Lipinski definition) is 2. The van der Waals surface area contributed by atoms with Crippen LogP contribution in [-0.2, 0) is 17.8 Å². The van der Waals surface area contributed by atoms with E-state index in [0.717, 1.165) is 24.8 Å². The van der Waals surface area contributed by atoms with Gasteiger partial charge in [0.2, 0.25) is 5.91 Å². The second kappa shape index (κ2) is 7.63. The Morgan fingerprint density at radius 1 is 1.21 bits per heavy atom. The molecule has 0 heterocycles. The van der Waals surface area contributed by atoms with Crippen LogP contribution >= 0.6 is 0 Å². The average Bonchev–Trinajstić information content (AvgIpc) is 2.61. The Kier molecular flexibility index (Phi) is 5.31. The lowest BCUT2D eigenvalue weighted by Crippen LogP contribution is -2.25. The third-order valence-electron chi connectivity index (χ3n) is 5.01. The molecule has 3 nitrogen and oxygen atoms in total. The minimum absolute atomic E-state index is 0.0229. The topological polar surface area (TPSA) is 49.3 Å². The van der Waals surface area contributed by atoms with Gasteiger partial charge >= 0.3 is 0 Å². The molecule has 0 radical (unpaired) electrons. The van der Waals surface area contributed by atoms with E-state index in [1.807, 2.05) is 6.07 Å². The summed E-state index contributed by atoms with van der Waals surface area (Å²) in [5.41, 5.74) is 5.08. The maximum Gasteiger partial charge on any atom is 0.216 e. The molecule has 2 aromatic rings. The fourth-order valence-corrected chi connectivity index (χ4v) is 3.80. The van der Waals surface area contributed by atoms with Crippen molar-refractivity contribution in [1.29, 1.82) is 0 Å². The van der Waals surface area contributed by atoms with Gasteiger partial charge in [0.15, 0.2) is 0 Å². The summed E-state index contributed by atoms with van der Waals surface area (Å²) < 4.78 is 0. The lowest BCUT2D eigenvalue weighted by Gasteiger charge is -2.32. The molecule has 0 spiro atoms. The Morgan fingerprint density at radius 2 is 2.00 bits per heavy atom. The van der Waals surface area contributed by atoms with E-state index < -0.39 is 0 Å². The molecule has 1 aliphatic carbocycles. The van der Waals surface area contributed by atoms with E-state index in [1.165, 1.54) is 16.7 Å². The fourth-order valence-electron chi connectivity index (χ4n) is 3.80. The summed E-state index contributed by atoms with van der Waals surface area (Å²) in [6.45, 7) is 2.34. The van der Waals surface area contributed by atoms with E-state index in [-0.39, 0.29) is 12.5 Å². The summed E-state index contributed by atoms with van der Waals surface area (Å²) in [7, 11) is 0. The smallest absolute Gasteiger partial charge is 0.216 e. The molecule has 0 unspecified atom stereocenters.